The molecule has 0 amide bonds. The number of hydrogen-bond acceptors (Lipinski definition) is 4. The normalized spacial score (nSPS) is 27.8. The van der Waals surface area contributed by atoms with E-state index in [2.05, 4.69) is 35.9 Å². The van der Waals surface area contributed by atoms with Gasteiger partial charge < -0.3 is 15.0 Å². The first kappa shape index (κ1) is 14.3. The molecule has 1 unspecified atom stereocenters. The molecule has 18 heavy (non-hydrogen) atoms. The van der Waals surface area contributed by atoms with E-state index in [-0.39, 0.29) is 5.54 Å². The fourth-order valence-corrected chi connectivity index (χ4v) is 2.84. The van der Waals surface area contributed by atoms with Crippen LogP contribution in [-0.4, -0.2) is 73.9 Å². The van der Waals surface area contributed by atoms with Crippen molar-refractivity contribution in [2.75, 3.05) is 52.5 Å². The summed E-state index contributed by atoms with van der Waals surface area (Å²) in [6, 6.07) is 0.767. The van der Waals surface area contributed by atoms with E-state index in [1.54, 1.807) is 0 Å². The maximum Gasteiger partial charge on any atom is 0.0594 e. The molecule has 0 aromatic rings. The summed E-state index contributed by atoms with van der Waals surface area (Å²) in [5.74, 6) is 0. The standard InChI is InChI=1S/C14H29N3O/c1-14(2,3)15-5-7-16-6-4-13(12-16)17-8-10-18-11-9-17/h13,15H,4-12H2,1-3H3. The van der Waals surface area contributed by atoms with E-state index in [1.807, 2.05) is 0 Å². The second kappa shape index (κ2) is 6.33. The monoisotopic (exact) mass is 255 g/mol. The van der Waals surface area contributed by atoms with E-state index in [9.17, 15) is 0 Å². The van der Waals surface area contributed by atoms with Crippen molar-refractivity contribution in [3.8, 4) is 0 Å². The lowest BCUT2D eigenvalue weighted by Gasteiger charge is -2.32. The lowest BCUT2D eigenvalue weighted by Crippen LogP contribution is -2.45. The Balaban J connectivity index is 1.65. The molecule has 1 atom stereocenters. The van der Waals surface area contributed by atoms with E-state index in [1.165, 1.54) is 26.1 Å². The molecule has 0 aliphatic carbocycles. The molecule has 2 rings (SSSR count). The first-order valence-electron chi connectivity index (χ1n) is 7.34. The fraction of sp³-hybridized carbons (Fsp3) is 1.00. The number of morpholine rings is 1. The predicted octanol–water partition coefficient (Wildman–Crippen LogP) is 0.781. The zero-order chi connectivity index (χ0) is 13.0. The maximum atomic E-state index is 5.42. The summed E-state index contributed by atoms with van der Waals surface area (Å²) in [5.41, 5.74) is 0.239. The number of nitrogens with zero attached hydrogens (tertiary/aromatic N) is 2. The smallest absolute Gasteiger partial charge is 0.0594 e. The molecule has 2 heterocycles. The molecule has 2 aliphatic heterocycles. The third-order valence-corrected chi connectivity index (χ3v) is 3.89. The second-order valence-corrected chi connectivity index (χ2v) is 6.57. The van der Waals surface area contributed by atoms with Crippen LogP contribution in [0.5, 0.6) is 0 Å². The van der Waals surface area contributed by atoms with Gasteiger partial charge in [-0.25, -0.2) is 0 Å². The first-order valence-corrected chi connectivity index (χ1v) is 7.34. The van der Waals surface area contributed by atoms with Gasteiger partial charge in [-0.1, -0.05) is 0 Å². The van der Waals surface area contributed by atoms with Crippen molar-refractivity contribution < 1.29 is 4.74 Å². The van der Waals surface area contributed by atoms with Gasteiger partial charge in [-0.2, -0.15) is 0 Å². The summed E-state index contributed by atoms with van der Waals surface area (Å²) >= 11 is 0. The number of hydrogen-bond donors (Lipinski definition) is 1. The largest absolute Gasteiger partial charge is 0.379 e. The highest BCUT2D eigenvalue weighted by molar-refractivity contribution is 4.85. The highest BCUT2D eigenvalue weighted by Crippen LogP contribution is 2.16. The van der Waals surface area contributed by atoms with E-state index in [0.29, 0.717) is 0 Å². The van der Waals surface area contributed by atoms with Gasteiger partial charge in [-0.05, 0) is 33.7 Å². The van der Waals surface area contributed by atoms with Gasteiger partial charge >= 0.3 is 0 Å². The Bertz CT molecular complexity index is 246. The molecular weight excluding hydrogens is 226 g/mol. The van der Waals surface area contributed by atoms with Crippen molar-refractivity contribution in [1.82, 2.24) is 15.1 Å². The van der Waals surface area contributed by atoms with Crippen LogP contribution in [0.15, 0.2) is 0 Å². The summed E-state index contributed by atoms with van der Waals surface area (Å²) in [7, 11) is 0. The van der Waals surface area contributed by atoms with Crippen LogP contribution in [0, 0.1) is 0 Å². The van der Waals surface area contributed by atoms with Crippen LogP contribution in [0.2, 0.25) is 0 Å². The lowest BCUT2D eigenvalue weighted by molar-refractivity contribution is 0.0185. The van der Waals surface area contributed by atoms with Crippen LogP contribution in [0.4, 0.5) is 0 Å². The topological polar surface area (TPSA) is 27.7 Å². The zero-order valence-electron chi connectivity index (χ0n) is 12.2. The van der Waals surface area contributed by atoms with Gasteiger partial charge in [-0.3, -0.25) is 4.90 Å². The summed E-state index contributed by atoms with van der Waals surface area (Å²) in [6.07, 6.45) is 1.33. The molecular formula is C14H29N3O. The average molecular weight is 255 g/mol. The Morgan fingerprint density at radius 1 is 1.17 bits per heavy atom. The Kier molecular flexibility index (Phi) is 5.01. The highest BCUT2D eigenvalue weighted by atomic mass is 16.5. The van der Waals surface area contributed by atoms with Gasteiger partial charge in [0.1, 0.15) is 0 Å². The molecule has 2 aliphatic rings. The number of ether oxygens (including phenoxy) is 1. The SMILES string of the molecule is CC(C)(C)NCCN1CCC(N2CCOCC2)C1. The van der Waals surface area contributed by atoms with Gasteiger partial charge in [0.25, 0.3) is 0 Å². The highest BCUT2D eigenvalue weighted by Gasteiger charge is 2.28. The summed E-state index contributed by atoms with van der Waals surface area (Å²) in [5, 5.41) is 3.57. The third-order valence-electron chi connectivity index (χ3n) is 3.89. The Morgan fingerprint density at radius 3 is 2.56 bits per heavy atom. The molecule has 4 heteroatoms. The minimum atomic E-state index is 0.239. The fourth-order valence-electron chi connectivity index (χ4n) is 2.84. The lowest BCUT2D eigenvalue weighted by atomic mass is 10.1. The zero-order valence-corrected chi connectivity index (χ0v) is 12.2. The van der Waals surface area contributed by atoms with Crippen LogP contribution < -0.4 is 5.32 Å². The molecule has 0 spiro atoms. The Labute approximate surface area is 112 Å². The molecule has 0 aromatic heterocycles. The van der Waals surface area contributed by atoms with Crippen molar-refractivity contribution in [2.45, 2.75) is 38.8 Å². The van der Waals surface area contributed by atoms with Gasteiger partial charge in [0.15, 0.2) is 0 Å². The van der Waals surface area contributed by atoms with Crippen molar-refractivity contribution in [3.05, 3.63) is 0 Å². The summed E-state index contributed by atoms with van der Waals surface area (Å²) in [6.45, 7) is 15.5. The molecule has 4 nitrogen and oxygen atoms in total. The minimum absolute atomic E-state index is 0.239. The molecule has 1 N–H and O–H groups in total. The quantitative estimate of drug-likeness (QED) is 0.803. The van der Waals surface area contributed by atoms with E-state index >= 15 is 0 Å². The van der Waals surface area contributed by atoms with Gasteiger partial charge in [0.05, 0.1) is 13.2 Å². The van der Waals surface area contributed by atoms with Crippen LogP contribution >= 0.6 is 0 Å². The maximum absolute atomic E-state index is 5.42. The molecule has 0 bridgehead atoms. The predicted molar refractivity (Wildman–Crippen MR) is 75.0 cm³/mol. The van der Waals surface area contributed by atoms with E-state index < -0.39 is 0 Å². The van der Waals surface area contributed by atoms with Crippen LogP contribution in [0.1, 0.15) is 27.2 Å². The molecule has 106 valence electrons. The number of rotatable bonds is 4. The second-order valence-electron chi connectivity index (χ2n) is 6.57. The molecule has 2 fully saturated rings. The van der Waals surface area contributed by atoms with E-state index in [0.717, 1.165) is 38.9 Å². The van der Waals surface area contributed by atoms with Crippen molar-refractivity contribution >= 4 is 0 Å². The van der Waals surface area contributed by atoms with Gasteiger partial charge in [0.2, 0.25) is 0 Å². The molecule has 0 saturated carbocycles. The molecule has 2 saturated heterocycles. The summed E-state index contributed by atoms with van der Waals surface area (Å²) in [4.78, 5) is 5.21. The Morgan fingerprint density at radius 2 is 1.89 bits per heavy atom. The minimum Gasteiger partial charge on any atom is -0.379 e. The van der Waals surface area contributed by atoms with Crippen molar-refractivity contribution in [2.24, 2.45) is 0 Å². The Hall–Kier alpha value is -0.160. The molecule has 0 radical (unpaired) electrons. The van der Waals surface area contributed by atoms with Crippen LogP contribution in [0.3, 0.4) is 0 Å². The first-order chi connectivity index (χ1) is 8.54. The van der Waals surface area contributed by atoms with Crippen molar-refractivity contribution in [1.29, 1.82) is 0 Å². The van der Waals surface area contributed by atoms with Crippen LogP contribution in [-0.2, 0) is 4.74 Å². The summed E-state index contributed by atoms with van der Waals surface area (Å²) < 4.78 is 5.42. The number of likely N-dealkylation sites (tertiary alicyclic amines) is 1. The van der Waals surface area contributed by atoms with Crippen LogP contribution in [0.25, 0.3) is 0 Å². The average Bonchev–Trinajstić information content (AvgIpc) is 2.77. The molecule has 0 aromatic carbocycles. The van der Waals surface area contributed by atoms with Gasteiger partial charge in [0, 0.05) is 44.3 Å². The number of nitrogens with one attached hydrogen (secondary N) is 1. The third kappa shape index (κ3) is 4.50. The van der Waals surface area contributed by atoms with E-state index in [4.69, 9.17) is 4.74 Å². The van der Waals surface area contributed by atoms with Gasteiger partial charge in [-0.15, -0.1) is 0 Å². The van der Waals surface area contributed by atoms with Crippen molar-refractivity contribution in [3.63, 3.8) is 0 Å².